The van der Waals surface area contributed by atoms with E-state index in [1.165, 1.54) is 0 Å². The number of amides is 1. The molecule has 3 nitrogen and oxygen atoms in total. The van der Waals surface area contributed by atoms with E-state index in [-0.39, 0.29) is 17.3 Å². The van der Waals surface area contributed by atoms with Crippen LogP contribution in [0, 0.1) is 11.6 Å². The van der Waals surface area contributed by atoms with Gasteiger partial charge in [0.05, 0.1) is 5.56 Å². The number of halogens is 2. The topological polar surface area (TPSA) is 55.1 Å². The number of hydrogen-bond donors (Lipinski definition) is 2. The van der Waals surface area contributed by atoms with Crippen LogP contribution in [-0.4, -0.2) is 23.5 Å². The SMILES string of the molecule is CSC1CCCC1NC(=O)c1cc(F)c(F)cc1N. The fourth-order valence-electron chi connectivity index (χ4n) is 2.38. The molecule has 1 fully saturated rings. The molecule has 104 valence electrons. The van der Waals surface area contributed by atoms with Crippen molar-refractivity contribution in [1.29, 1.82) is 0 Å². The van der Waals surface area contributed by atoms with E-state index in [1.54, 1.807) is 11.8 Å². The highest BCUT2D eigenvalue weighted by molar-refractivity contribution is 7.99. The average molecular weight is 286 g/mol. The fourth-order valence-corrected chi connectivity index (χ4v) is 3.31. The molecule has 19 heavy (non-hydrogen) atoms. The van der Waals surface area contributed by atoms with Crippen molar-refractivity contribution >= 4 is 23.4 Å². The van der Waals surface area contributed by atoms with E-state index in [9.17, 15) is 13.6 Å². The first-order chi connectivity index (χ1) is 9.02. The summed E-state index contributed by atoms with van der Waals surface area (Å²) in [6.07, 6.45) is 5.02. The molecule has 0 bridgehead atoms. The Morgan fingerprint density at radius 2 is 2.05 bits per heavy atom. The van der Waals surface area contributed by atoms with Gasteiger partial charge in [0.25, 0.3) is 5.91 Å². The molecule has 1 saturated carbocycles. The van der Waals surface area contributed by atoms with E-state index in [4.69, 9.17) is 5.73 Å². The van der Waals surface area contributed by atoms with E-state index >= 15 is 0 Å². The Labute approximate surface area is 114 Å². The highest BCUT2D eigenvalue weighted by Crippen LogP contribution is 2.29. The van der Waals surface area contributed by atoms with E-state index in [0.29, 0.717) is 5.25 Å². The normalized spacial score (nSPS) is 22.5. The van der Waals surface area contributed by atoms with Crippen molar-refractivity contribution in [3.05, 3.63) is 29.3 Å². The molecule has 6 heteroatoms. The Balaban J connectivity index is 2.14. The highest BCUT2D eigenvalue weighted by atomic mass is 32.2. The number of benzene rings is 1. The van der Waals surface area contributed by atoms with E-state index in [1.807, 2.05) is 6.26 Å². The lowest BCUT2D eigenvalue weighted by molar-refractivity contribution is 0.0939. The van der Waals surface area contributed by atoms with Gasteiger partial charge >= 0.3 is 0 Å². The molecule has 0 heterocycles. The number of anilines is 1. The molecule has 2 atom stereocenters. The van der Waals surface area contributed by atoms with Crippen molar-refractivity contribution in [2.24, 2.45) is 0 Å². The molecule has 0 aromatic heterocycles. The smallest absolute Gasteiger partial charge is 0.253 e. The lowest BCUT2D eigenvalue weighted by Crippen LogP contribution is -2.39. The summed E-state index contributed by atoms with van der Waals surface area (Å²) in [4.78, 5) is 12.1. The third kappa shape index (κ3) is 3.00. The van der Waals surface area contributed by atoms with Gasteiger partial charge in [-0.05, 0) is 25.2 Å². The summed E-state index contributed by atoms with van der Waals surface area (Å²) in [6.45, 7) is 0. The van der Waals surface area contributed by atoms with E-state index < -0.39 is 17.5 Å². The molecule has 0 saturated heterocycles. The number of nitrogens with two attached hydrogens (primary N) is 1. The minimum Gasteiger partial charge on any atom is -0.398 e. The second-order valence-electron chi connectivity index (χ2n) is 4.64. The van der Waals surface area contributed by atoms with Crippen LogP contribution >= 0.6 is 11.8 Å². The molecule has 2 unspecified atom stereocenters. The molecule has 2 rings (SSSR count). The Bertz CT molecular complexity index is 496. The second-order valence-corrected chi connectivity index (χ2v) is 5.72. The predicted molar refractivity (Wildman–Crippen MR) is 73.2 cm³/mol. The molecule has 0 aliphatic heterocycles. The Hall–Kier alpha value is -1.30. The molecule has 1 aromatic rings. The van der Waals surface area contributed by atoms with Crippen molar-refractivity contribution < 1.29 is 13.6 Å². The molecule has 1 aliphatic carbocycles. The maximum Gasteiger partial charge on any atom is 0.253 e. The summed E-state index contributed by atoms with van der Waals surface area (Å²) in [6, 6.07) is 1.75. The van der Waals surface area contributed by atoms with Gasteiger partial charge in [-0.3, -0.25) is 4.79 Å². The molecule has 0 spiro atoms. The quantitative estimate of drug-likeness (QED) is 0.840. The number of rotatable bonds is 3. The van der Waals surface area contributed by atoms with Gasteiger partial charge < -0.3 is 11.1 Å². The molecule has 1 aliphatic rings. The van der Waals surface area contributed by atoms with Gasteiger partial charge in [0.1, 0.15) is 0 Å². The summed E-state index contributed by atoms with van der Waals surface area (Å²) in [5.74, 6) is -2.55. The van der Waals surface area contributed by atoms with Crippen molar-refractivity contribution in [2.75, 3.05) is 12.0 Å². The van der Waals surface area contributed by atoms with Crippen LogP contribution in [0.25, 0.3) is 0 Å². The Morgan fingerprint density at radius 3 is 2.74 bits per heavy atom. The van der Waals surface area contributed by atoms with Crippen LogP contribution in [0.15, 0.2) is 12.1 Å². The maximum absolute atomic E-state index is 13.2. The van der Waals surface area contributed by atoms with E-state index in [2.05, 4.69) is 5.32 Å². The van der Waals surface area contributed by atoms with Crippen LogP contribution in [0.5, 0.6) is 0 Å². The molecule has 3 N–H and O–H groups in total. The zero-order valence-electron chi connectivity index (χ0n) is 10.6. The third-order valence-electron chi connectivity index (χ3n) is 3.41. The number of nitrogen functional groups attached to an aromatic ring is 1. The monoisotopic (exact) mass is 286 g/mol. The summed E-state index contributed by atoms with van der Waals surface area (Å²) in [5, 5.41) is 3.23. The maximum atomic E-state index is 13.2. The van der Waals surface area contributed by atoms with Crippen LogP contribution in [0.3, 0.4) is 0 Å². The predicted octanol–water partition coefficient (Wildman–Crippen LogP) is 2.56. The number of hydrogen-bond acceptors (Lipinski definition) is 3. The van der Waals surface area contributed by atoms with Crippen LogP contribution < -0.4 is 11.1 Å². The second kappa shape index (κ2) is 5.77. The van der Waals surface area contributed by atoms with Crippen molar-refractivity contribution in [3.8, 4) is 0 Å². The number of thioether (sulfide) groups is 1. The van der Waals surface area contributed by atoms with Crippen LogP contribution in [0.4, 0.5) is 14.5 Å². The van der Waals surface area contributed by atoms with Crippen LogP contribution in [0.2, 0.25) is 0 Å². The lowest BCUT2D eigenvalue weighted by atomic mass is 10.1. The summed E-state index contributed by atoms with van der Waals surface area (Å²) in [5.41, 5.74) is 5.51. The Kier molecular flexibility index (Phi) is 4.29. The number of carbonyl (C=O) groups is 1. The average Bonchev–Trinajstić information content (AvgIpc) is 2.80. The first kappa shape index (κ1) is 14.1. The lowest BCUT2D eigenvalue weighted by Gasteiger charge is -2.19. The summed E-state index contributed by atoms with van der Waals surface area (Å²) >= 11 is 1.71. The minimum atomic E-state index is -1.06. The van der Waals surface area contributed by atoms with Crippen molar-refractivity contribution in [1.82, 2.24) is 5.32 Å². The van der Waals surface area contributed by atoms with Gasteiger partial charge in [-0.2, -0.15) is 11.8 Å². The van der Waals surface area contributed by atoms with Crippen LogP contribution in [-0.2, 0) is 0 Å². The van der Waals surface area contributed by atoms with Crippen LogP contribution in [0.1, 0.15) is 29.6 Å². The summed E-state index contributed by atoms with van der Waals surface area (Å²) in [7, 11) is 0. The van der Waals surface area contributed by atoms with Crippen molar-refractivity contribution in [3.63, 3.8) is 0 Å². The molecular weight excluding hydrogens is 270 g/mol. The van der Waals surface area contributed by atoms with Crippen molar-refractivity contribution in [2.45, 2.75) is 30.6 Å². The van der Waals surface area contributed by atoms with Gasteiger partial charge in [0, 0.05) is 23.0 Å². The van der Waals surface area contributed by atoms with Gasteiger partial charge in [-0.25, -0.2) is 8.78 Å². The zero-order valence-corrected chi connectivity index (χ0v) is 11.4. The highest BCUT2D eigenvalue weighted by Gasteiger charge is 2.28. The fraction of sp³-hybridized carbons (Fsp3) is 0.462. The molecule has 1 amide bonds. The summed E-state index contributed by atoms with van der Waals surface area (Å²) < 4.78 is 26.1. The number of carbonyl (C=O) groups excluding carboxylic acids is 1. The molecular formula is C13H16F2N2OS. The third-order valence-corrected chi connectivity index (χ3v) is 4.58. The zero-order chi connectivity index (χ0) is 14.0. The van der Waals surface area contributed by atoms with Gasteiger partial charge in [0.2, 0.25) is 0 Å². The van der Waals surface area contributed by atoms with Gasteiger partial charge in [-0.15, -0.1) is 0 Å². The molecule has 0 radical (unpaired) electrons. The largest absolute Gasteiger partial charge is 0.398 e. The van der Waals surface area contributed by atoms with E-state index in [0.717, 1.165) is 31.4 Å². The molecule has 1 aromatic carbocycles. The Morgan fingerprint density at radius 1 is 1.37 bits per heavy atom. The first-order valence-corrected chi connectivity index (χ1v) is 7.40. The number of nitrogens with one attached hydrogen (secondary N) is 1. The standard InChI is InChI=1S/C13H16F2N2OS/c1-19-12-4-2-3-11(12)17-13(18)7-5-8(14)9(15)6-10(7)16/h5-6,11-12H,2-4,16H2,1H3,(H,17,18). The van der Waals surface area contributed by atoms with Gasteiger partial charge in [0.15, 0.2) is 11.6 Å². The minimum absolute atomic E-state index is 0.00865. The van der Waals surface area contributed by atoms with Gasteiger partial charge in [-0.1, -0.05) is 6.42 Å². The first-order valence-electron chi connectivity index (χ1n) is 6.11.